The minimum absolute atomic E-state index is 0.00503. The SMILES string of the molecule is C[C@@H]1C[C@H](O)CC(C)(C)[C@H]1CC[C@H](O)COC1O[C@H](CO)[C@H](O)[C@H](O)[C@H]1O. The Morgan fingerprint density at radius 2 is 1.78 bits per heavy atom. The summed E-state index contributed by atoms with van der Waals surface area (Å²) in [5.74, 6) is 0.741. The fourth-order valence-corrected chi connectivity index (χ4v) is 4.75. The highest BCUT2D eigenvalue weighted by Gasteiger charge is 2.44. The smallest absolute Gasteiger partial charge is 0.186 e. The van der Waals surface area contributed by atoms with Gasteiger partial charge in [0.1, 0.15) is 24.4 Å². The van der Waals surface area contributed by atoms with Crippen LogP contribution in [0.3, 0.4) is 0 Å². The van der Waals surface area contributed by atoms with E-state index in [0.717, 1.165) is 19.3 Å². The van der Waals surface area contributed by atoms with Crippen LogP contribution in [0.5, 0.6) is 0 Å². The van der Waals surface area contributed by atoms with E-state index in [0.29, 0.717) is 18.3 Å². The lowest BCUT2D eigenvalue weighted by molar-refractivity contribution is -0.304. The van der Waals surface area contributed by atoms with Gasteiger partial charge in [0.05, 0.1) is 25.4 Å². The van der Waals surface area contributed by atoms with Crippen LogP contribution in [-0.2, 0) is 9.47 Å². The minimum Gasteiger partial charge on any atom is -0.394 e. The fraction of sp³-hybridized carbons (Fsp3) is 1.00. The van der Waals surface area contributed by atoms with E-state index in [1.807, 2.05) is 0 Å². The number of hydrogen-bond donors (Lipinski definition) is 6. The number of aliphatic hydroxyl groups is 6. The highest BCUT2D eigenvalue weighted by Crippen LogP contribution is 2.46. The summed E-state index contributed by atoms with van der Waals surface area (Å²) < 4.78 is 10.7. The van der Waals surface area contributed by atoms with Gasteiger partial charge in [0, 0.05) is 0 Å². The predicted molar refractivity (Wildman–Crippen MR) is 96.6 cm³/mol. The molecule has 6 N–H and O–H groups in total. The summed E-state index contributed by atoms with van der Waals surface area (Å²) in [6.45, 7) is 5.81. The molecule has 1 aliphatic heterocycles. The molecule has 0 aromatic heterocycles. The van der Waals surface area contributed by atoms with E-state index < -0.39 is 43.4 Å². The van der Waals surface area contributed by atoms with Crippen molar-refractivity contribution in [1.29, 1.82) is 0 Å². The largest absolute Gasteiger partial charge is 0.394 e. The molecule has 0 amide bonds. The van der Waals surface area contributed by atoms with Crippen molar-refractivity contribution in [3.05, 3.63) is 0 Å². The van der Waals surface area contributed by atoms with E-state index in [2.05, 4.69) is 20.8 Å². The normalized spacial score (nSPS) is 43.4. The van der Waals surface area contributed by atoms with E-state index >= 15 is 0 Å². The van der Waals surface area contributed by atoms with E-state index in [9.17, 15) is 30.6 Å². The van der Waals surface area contributed by atoms with Crippen molar-refractivity contribution in [2.24, 2.45) is 17.3 Å². The van der Waals surface area contributed by atoms with Crippen molar-refractivity contribution in [1.82, 2.24) is 0 Å². The summed E-state index contributed by atoms with van der Waals surface area (Å²) in [7, 11) is 0. The highest BCUT2D eigenvalue weighted by atomic mass is 16.7. The van der Waals surface area contributed by atoms with Crippen LogP contribution < -0.4 is 0 Å². The van der Waals surface area contributed by atoms with E-state index in [1.54, 1.807) is 0 Å². The van der Waals surface area contributed by atoms with Crippen molar-refractivity contribution >= 4 is 0 Å². The molecule has 9 atom stereocenters. The molecule has 2 rings (SSSR count). The first-order valence-electron chi connectivity index (χ1n) is 9.85. The number of aliphatic hydroxyl groups excluding tert-OH is 6. The second-order valence-corrected chi connectivity index (χ2v) is 8.93. The molecule has 8 nitrogen and oxygen atoms in total. The van der Waals surface area contributed by atoms with Crippen molar-refractivity contribution in [2.75, 3.05) is 13.2 Å². The third-order valence-electron chi connectivity index (χ3n) is 6.21. The number of ether oxygens (including phenoxy) is 2. The second kappa shape index (κ2) is 9.45. The Labute approximate surface area is 160 Å². The van der Waals surface area contributed by atoms with Crippen molar-refractivity contribution in [3.63, 3.8) is 0 Å². The Kier molecular flexibility index (Phi) is 8.04. The monoisotopic (exact) mass is 392 g/mol. The third kappa shape index (κ3) is 5.61. The molecule has 0 radical (unpaired) electrons. The molecule has 1 heterocycles. The van der Waals surface area contributed by atoms with Gasteiger partial charge in [-0.25, -0.2) is 0 Å². The first kappa shape index (κ1) is 23.0. The first-order valence-corrected chi connectivity index (χ1v) is 9.85. The van der Waals surface area contributed by atoms with Crippen LogP contribution in [0.2, 0.25) is 0 Å². The molecule has 160 valence electrons. The van der Waals surface area contributed by atoms with Crippen LogP contribution in [-0.4, -0.2) is 86.8 Å². The summed E-state index contributed by atoms with van der Waals surface area (Å²) in [6, 6.07) is 0. The van der Waals surface area contributed by atoms with Gasteiger partial charge in [0.15, 0.2) is 6.29 Å². The van der Waals surface area contributed by atoms with E-state index in [1.165, 1.54) is 0 Å². The molecule has 0 aromatic rings. The predicted octanol–water partition coefficient (Wildman–Crippen LogP) is -0.623. The average Bonchev–Trinajstić information content (AvgIpc) is 2.57. The molecule has 27 heavy (non-hydrogen) atoms. The van der Waals surface area contributed by atoms with E-state index in [4.69, 9.17) is 9.47 Å². The van der Waals surface area contributed by atoms with Gasteiger partial charge in [-0.3, -0.25) is 0 Å². The maximum Gasteiger partial charge on any atom is 0.186 e. The van der Waals surface area contributed by atoms with Gasteiger partial charge in [-0.1, -0.05) is 20.8 Å². The van der Waals surface area contributed by atoms with Gasteiger partial charge in [-0.05, 0) is 42.9 Å². The van der Waals surface area contributed by atoms with Crippen molar-refractivity contribution in [2.45, 2.75) is 89.4 Å². The Hall–Kier alpha value is -0.320. The van der Waals surface area contributed by atoms with Gasteiger partial charge in [-0.2, -0.15) is 0 Å². The molecule has 2 aliphatic rings. The van der Waals surface area contributed by atoms with Gasteiger partial charge in [0.25, 0.3) is 0 Å². The average molecular weight is 392 g/mol. The molecule has 2 fully saturated rings. The zero-order valence-electron chi connectivity index (χ0n) is 16.4. The highest BCUT2D eigenvalue weighted by molar-refractivity contribution is 4.91. The molecule has 1 saturated heterocycles. The number of hydrogen-bond acceptors (Lipinski definition) is 8. The van der Waals surface area contributed by atoms with E-state index in [-0.39, 0.29) is 18.1 Å². The van der Waals surface area contributed by atoms with Crippen LogP contribution >= 0.6 is 0 Å². The van der Waals surface area contributed by atoms with Crippen molar-refractivity contribution in [3.8, 4) is 0 Å². The Bertz CT molecular complexity index is 457. The lowest BCUT2D eigenvalue weighted by atomic mass is 9.61. The molecular weight excluding hydrogens is 356 g/mol. The van der Waals surface area contributed by atoms with Crippen LogP contribution in [0.25, 0.3) is 0 Å². The van der Waals surface area contributed by atoms with Gasteiger partial charge in [-0.15, -0.1) is 0 Å². The number of rotatable bonds is 7. The van der Waals surface area contributed by atoms with Crippen LogP contribution in [0.1, 0.15) is 46.5 Å². The van der Waals surface area contributed by atoms with Gasteiger partial charge in [0.2, 0.25) is 0 Å². The zero-order valence-corrected chi connectivity index (χ0v) is 16.4. The third-order valence-corrected chi connectivity index (χ3v) is 6.21. The summed E-state index contributed by atoms with van der Waals surface area (Å²) >= 11 is 0. The minimum atomic E-state index is -1.49. The molecule has 8 heteroatoms. The van der Waals surface area contributed by atoms with Gasteiger partial charge >= 0.3 is 0 Å². The van der Waals surface area contributed by atoms with Crippen LogP contribution in [0, 0.1) is 17.3 Å². The Morgan fingerprint density at radius 3 is 2.37 bits per heavy atom. The van der Waals surface area contributed by atoms with Gasteiger partial charge < -0.3 is 40.1 Å². The lowest BCUT2D eigenvalue weighted by Crippen LogP contribution is -2.59. The topological polar surface area (TPSA) is 140 Å². The summed E-state index contributed by atoms with van der Waals surface area (Å²) in [5.41, 5.74) is -0.00503. The first-order chi connectivity index (χ1) is 12.6. The molecule has 0 spiro atoms. The maximum absolute atomic E-state index is 10.3. The van der Waals surface area contributed by atoms with Crippen LogP contribution in [0.15, 0.2) is 0 Å². The summed E-state index contributed by atoms with van der Waals surface area (Å²) in [6.07, 6.45) is -4.87. The summed E-state index contributed by atoms with van der Waals surface area (Å²) in [5, 5.41) is 58.9. The quantitative estimate of drug-likeness (QED) is 0.337. The summed E-state index contributed by atoms with van der Waals surface area (Å²) in [4.78, 5) is 0. The standard InChI is InChI=1S/C19H36O8/c1-10-6-12(22)7-19(2,3)13(10)5-4-11(21)9-26-18-17(25)16(24)15(23)14(8-20)27-18/h10-18,20-25H,4-9H2,1-3H3/t10-,11+,12+,13+,14-,15+,16+,17-,18?/m1/s1. The molecule has 0 aromatic carbocycles. The molecule has 1 aliphatic carbocycles. The molecule has 1 unspecified atom stereocenters. The maximum atomic E-state index is 10.3. The molecule has 0 bridgehead atoms. The lowest BCUT2D eigenvalue weighted by Gasteiger charge is -2.45. The molecular formula is C19H36O8. The fourth-order valence-electron chi connectivity index (χ4n) is 4.75. The van der Waals surface area contributed by atoms with Crippen LogP contribution in [0.4, 0.5) is 0 Å². The Morgan fingerprint density at radius 1 is 1.11 bits per heavy atom. The molecule has 1 saturated carbocycles. The van der Waals surface area contributed by atoms with Crippen molar-refractivity contribution < 1.29 is 40.1 Å². The second-order valence-electron chi connectivity index (χ2n) is 8.93. The Balaban J connectivity index is 1.81. The zero-order chi connectivity index (χ0) is 20.4.